The molecule has 0 unspecified atom stereocenters. The van der Waals surface area contributed by atoms with Crippen LogP contribution in [0.4, 0.5) is 5.13 Å². The van der Waals surface area contributed by atoms with Crippen LogP contribution in [0.2, 0.25) is 5.02 Å². The van der Waals surface area contributed by atoms with E-state index in [0.717, 1.165) is 6.26 Å². The number of nitrogens with zero attached hydrogens (tertiary/aromatic N) is 3. The standard InChI is InChI=1S/C22H26ClN3O5S3.ClH/c1-25(2)12-13-26(22-24-19-11-10-18(33(3,28)29)15-20(19)32-22)21(27)5-4-14-34(30,31)17-8-6-16(23)7-9-17;/h6-11,15H,4-5,12-14H2,1-3H3;1H. The molecule has 0 saturated carbocycles. The maximum absolute atomic E-state index is 13.1. The first kappa shape index (κ1) is 29.5. The number of rotatable bonds is 10. The van der Waals surface area contributed by atoms with E-state index >= 15 is 0 Å². The summed E-state index contributed by atoms with van der Waals surface area (Å²) in [6, 6.07) is 10.6. The summed E-state index contributed by atoms with van der Waals surface area (Å²) in [6.07, 6.45) is 1.33. The number of carbonyl (C=O) groups excluding carboxylic acids is 1. The summed E-state index contributed by atoms with van der Waals surface area (Å²) in [4.78, 5) is 21.4. The topological polar surface area (TPSA) is 105 Å². The molecule has 0 aliphatic heterocycles. The number of likely N-dealkylation sites (N-methyl/N-ethyl adjacent to an activating group) is 1. The number of hydrogen-bond acceptors (Lipinski definition) is 8. The molecular formula is C22H27Cl2N3O5S3. The largest absolute Gasteiger partial charge is 0.308 e. The van der Waals surface area contributed by atoms with Crippen molar-refractivity contribution in [2.45, 2.75) is 22.6 Å². The van der Waals surface area contributed by atoms with Gasteiger partial charge in [0.1, 0.15) is 0 Å². The fourth-order valence-electron chi connectivity index (χ4n) is 3.17. The molecule has 0 radical (unpaired) electrons. The molecule has 0 aliphatic carbocycles. The van der Waals surface area contributed by atoms with Crippen LogP contribution in [0.25, 0.3) is 10.2 Å². The van der Waals surface area contributed by atoms with Crippen LogP contribution in [-0.4, -0.2) is 71.8 Å². The number of halogens is 2. The lowest BCUT2D eigenvalue weighted by molar-refractivity contribution is -0.118. The Morgan fingerprint density at radius 1 is 1.00 bits per heavy atom. The van der Waals surface area contributed by atoms with E-state index in [1.54, 1.807) is 17.0 Å². The lowest BCUT2D eigenvalue weighted by Gasteiger charge is -2.22. The number of thiazole rings is 1. The van der Waals surface area contributed by atoms with Crippen molar-refractivity contribution in [2.24, 2.45) is 0 Å². The molecule has 1 amide bonds. The second-order valence-electron chi connectivity index (χ2n) is 8.12. The molecule has 0 N–H and O–H groups in total. The number of aromatic nitrogens is 1. The monoisotopic (exact) mass is 579 g/mol. The van der Waals surface area contributed by atoms with Gasteiger partial charge < -0.3 is 4.90 Å². The summed E-state index contributed by atoms with van der Waals surface area (Å²) in [5.74, 6) is -0.407. The van der Waals surface area contributed by atoms with E-state index in [9.17, 15) is 21.6 Å². The SMILES string of the molecule is CN(C)CCN(C(=O)CCCS(=O)(=O)c1ccc(Cl)cc1)c1nc2ccc(S(C)(=O)=O)cc2s1.Cl. The number of sulfone groups is 2. The van der Waals surface area contributed by atoms with Crippen LogP contribution in [0.15, 0.2) is 52.3 Å². The van der Waals surface area contributed by atoms with Gasteiger partial charge in [0.2, 0.25) is 5.91 Å². The number of fused-ring (bicyclic) bond motifs is 1. The van der Waals surface area contributed by atoms with Crippen molar-refractivity contribution in [2.75, 3.05) is 44.1 Å². The highest BCUT2D eigenvalue weighted by molar-refractivity contribution is 7.91. The molecule has 13 heteroatoms. The van der Waals surface area contributed by atoms with Gasteiger partial charge in [-0.2, -0.15) is 0 Å². The zero-order valence-corrected chi connectivity index (χ0v) is 23.5. The van der Waals surface area contributed by atoms with Gasteiger partial charge in [0.25, 0.3) is 0 Å². The van der Waals surface area contributed by atoms with Crippen LogP contribution < -0.4 is 4.90 Å². The minimum absolute atomic E-state index is 0. The predicted molar refractivity (Wildman–Crippen MR) is 144 cm³/mol. The van der Waals surface area contributed by atoms with E-state index in [0.29, 0.717) is 33.5 Å². The first-order valence-corrected chi connectivity index (χ1v) is 15.1. The summed E-state index contributed by atoms with van der Waals surface area (Å²) in [7, 11) is -3.13. The van der Waals surface area contributed by atoms with Gasteiger partial charge in [-0.15, -0.1) is 12.4 Å². The lowest BCUT2D eigenvalue weighted by Crippen LogP contribution is -2.36. The van der Waals surface area contributed by atoms with Crippen LogP contribution in [0.3, 0.4) is 0 Å². The predicted octanol–water partition coefficient (Wildman–Crippen LogP) is 3.92. The van der Waals surface area contributed by atoms with Crippen molar-refractivity contribution in [3.8, 4) is 0 Å². The number of anilines is 1. The molecular weight excluding hydrogens is 553 g/mol. The molecule has 0 spiro atoms. The number of amides is 1. The van der Waals surface area contributed by atoms with Gasteiger partial charge in [0.15, 0.2) is 24.8 Å². The van der Waals surface area contributed by atoms with Crippen molar-refractivity contribution < 1.29 is 21.6 Å². The second kappa shape index (κ2) is 12.0. The molecule has 1 aromatic heterocycles. The van der Waals surface area contributed by atoms with Crippen molar-refractivity contribution in [1.82, 2.24) is 9.88 Å². The molecule has 0 atom stereocenters. The Bertz CT molecular complexity index is 1390. The van der Waals surface area contributed by atoms with Crippen LogP contribution in [0.5, 0.6) is 0 Å². The Labute approximate surface area is 221 Å². The quantitative estimate of drug-likeness (QED) is 0.358. The Kier molecular flexibility index (Phi) is 10.1. The molecule has 192 valence electrons. The normalized spacial score (nSPS) is 12.0. The molecule has 0 saturated heterocycles. The first-order valence-electron chi connectivity index (χ1n) is 10.4. The van der Waals surface area contributed by atoms with Gasteiger partial charge in [0.05, 0.1) is 25.8 Å². The van der Waals surface area contributed by atoms with Gasteiger partial charge in [-0.05, 0) is 63.0 Å². The van der Waals surface area contributed by atoms with E-state index in [2.05, 4.69) is 4.98 Å². The number of benzene rings is 2. The van der Waals surface area contributed by atoms with E-state index in [1.807, 2.05) is 19.0 Å². The summed E-state index contributed by atoms with van der Waals surface area (Å²) >= 11 is 7.06. The lowest BCUT2D eigenvalue weighted by atomic mass is 10.3. The summed E-state index contributed by atoms with van der Waals surface area (Å²) in [6.45, 7) is 0.952. The minimum atomic E-state index is -3.54. The first-order chi connectivity index (χ1) is 15.9. The van der Waals surface area contributed by atoms with Crippen LogP contribution >= 0.6 is 35.3 Å². The average molecular weight is 581 g/mol. The zero-order valence-electron chi connectivity index (χ0n) is 19.5. The smallest absolute Gasteiger partial charge is 0.228 e. The fourth-order valence-corrected chi connectivity index (χ4v) is 6.38. The molecule has 3 aromatic rings. The summed E-state index contributed by atoms with van der Waals surface area (Å²) < 4.78 is 49.6. The van der Waals surface area contributed by atoms with Gasteiger partial charge in [-0.1, -0.05) is 22.9 Å². The minimum Gasteiger partial charge on any atom is -0.308 e. The Hall–Kier alpha value is -1.76. The van der Waals surface area contributed by atoms with Crippen LogP contribution in [0, 0.1) is 0 Å². The average Bonchev–Trinajstić information content (AvgIpc) is 3.16. The molecule has 0 aliphatic rings. The Morgan fingerprint density at radius 2 is 1.63 bits per heavy atom. The van der Waals surface area contributed by atoms with Gasteiger partial charge >= 0.3 is 0 Å². The van der Waals surface area contributed by atoms with E-state index in [4.69, 9.17) is 11.6 Å². The van der Waals surface area contributed by atoms with Crippen molar-refractivity contribution in [3.63, 3.8) is 0 Å². The van der Waals surface area contributed by atoms with Crippen molar-refractivity contribution in [3.05, 3.63) is 47.5 Å². The maximum Gasteiger partial charge on any atom is 0.228 e. The third kappa shape index (κ3) is 7.86. The number of carbonyl (C=O) groups is 1. The van der Waals surface area contributed by atoms with Gasteiger partial charge in [-0.3, -0.25) is 9.69 Å². The van der Waals surface area contributed by atoms with Gasteiger partial charge in [-0.25, -0.2) is 21.8 Å². The molecule has 0 fully saturated rings. The fraction of sp³-hybridized carbons (Fsp3) is 0.364. The summed E-state index contributed by atoms with van der Waals surface area (Å²) in [5, 5.41) is 0.901. The van der Waals surface area contributed by atoms with Crippen LogP contribution in [0.1, 0.15) is 12.8 Å². The van der Waals surface area contributed by atoms with E-state index < -0.39 is 19.7 Å². The van der Waals surface area contributed by atoms with E-state index in [1.165, 1.54) is 41.7 Å². The molecule has 1 heterocycles. The van der Waals surface area contributed by atoms with Crippen molar-refractivity contribution >= 4 is 76.3 Å². The highest BCUT2D eigenvalue weighted by Crippen LogP contribution is 2.31. The molecule has 2 aromatic carbocycles. The van der Waals surface area contributed by atoms with Crippen LogP contribution in [-0.2, 0) is 24.5 Å². The van der Waals surface area contributed by atoms with Crippen molar-refractivity contribution in [1.29, 1.82) is 0 Å². The third-order valence-electron chi connectivity index (χ3n) is 5.06. The highest BCUT2D eigenvalue weighted by Gasteiger charge is 2.22. The molecule has 0 bridgehead atoms. The molecule has 8 nitrogen and oxygen atoms in total. The third-order valence-corrected chi connectivity index (χ3v) is 9.28. The Morgan fingerprint density at radius 3 is 2.23 bits per heavy atom. The zero-order chi connectivity index (χ0) is 25.1. The second-order valence-corrected chi connectivity index (χ2v) is 13.7. The molecule has 3 rings (SSSR count). The maximum atomic E-state index is 13.1. The molecule has 35 heavy (non-hydrogen) atoms. The number of hydrogen-bond donors (Lipinski definition) is 0. The Balaban J connectivity index is 0.00000432. The van der Waals surface area contributed by atoms with Gasteiger partial charge in [0, 0.05) is 30.8 Å². The van der Waals surface area contributed by atoms with E-state index in [-0.39, 0.29) is 46.7 Å². The highest BCUT2D eigenvalue weighted by atomic mass is 35.5. The summed E-state index contributed by atoms with van der Waals surface area (Å²) in [5.41, 5.74) is 0.598.